The maximum Gasteiger partial charge on any atom is 0.222 e. The lowest BCUT2D eigenvalue weighted by Gasteiger charge is -2.20. The highest BCUT2D eigenvalue weighted by Gasteiger charge is 2.18. The first-order valence-corrected chi connectivity index (χ1v) is 9.09. The Kier molecular flexibility index (Phi) is 7.19. The maximum absolute atomic E-state index is 12.4. The number of carbonyl (C=O) groups is 2. The number of hydrogen-bond donors (Lipinski definition) is 2. The second-order valence-electron chi connectivity index (χ2n) is 6.17. The van der Waals surface area contributed by atoms with Crippen LogP contribution in [0, 0.1) is 0 Å². The van der Waals surface area contributed by atoms with E-state index >= 15 is 0 Å². The van der Waals surface area contributed by atoms with E-state index in [1.165, 1.54) is 6.92 Å². The molecular weight excluding hydrogens is 380 g/mol. The molecule has 0 heterocycles. The Morgan fingerprint density at radius 2 is 1.64 bits per heavy atom. The lowest BCUT2D eigenvalue weighted by atomic mass is 10.0. The zero-order valence-electron chi connectivity index (χ0n) is 14.5. The SMILES string of the molecule is CC(=O)NC(CC(=O)NC(C)Cc1ccc(Br)cc1)c1ccccc1. The third-order valence-corrected chi connectivity index (χ3v) is 4.36. The van der Waals surface area contributed by atoms with Crippen LogP contribution < -0.4 is 10.6 Å². The topological polar surface area (TPSA) is 58.2 Å². The fourth-order valence-electron chi connectivity index (χ4n) is 2.73. The molecule has 2 atom stereocenters. The van der Waals surface area contributed by atoms with Crippen LogP contribution in [0.4, 0.5) is 0 Å². The molecule has 2 rings (SSSR count). The molecule has 2 N–H and O–H groups in total. The van der Waals surface area contributed by atoms with Crippen LogP contribution in [-0.2, 0) is 16.0 Å². The van der Waals surface area contributed by atoms with Crippen molar-refractivity contribution in [3.05, 3.63) is 70.2 Å². The molecule has 0 aromatic heterocycles. The number of rotatable bonds is 7. The zero-order valence-corrected chi connectivity index (χ0v) is 16.0. The molecule has 2 aromatic rings. The van der Waals surface area contributed by atoms with Crippen LogP contribution in [0.2, 0.25) is 0 Å². The summed E-state index contributed by atoms with van der Waals surface area (Å²) in [5.41, 5.74) is 2.09. The summed E-state index contributed by atoms with van der Waals surface area (Å²) in [7, 11) is 0. The Bertz CT molecular complexity index is 701. The van der Waals surface area contributed by atoms with Crippen LogP contribution in [0.3, 0.4) is 0 Å². The van der Waals surface area contributed by atoms with Crippen molar-refractivity contribution < 1.29 is 9.59 Å². The third kappa shape index (κ3) is 6.70. The van der Waals surface area contributed by atoms with E-state index in [2.05, 4.69) is 26.6 Å². The summed E-state index contributed by atoms with van der Waals surface area (Å²) in [5, 5.41) is 5.87. The second-order valence-corrected chi connectivity index (χ2v) is 7.08. The van der Waals surface area contributed by atoms with Gasteiger partial charge in [-0.15, -0.1) is 0 Å². The van der Waals surface area contributed by atoms with Gasteiger partial charge in [-0.3, -0.25) is 9.59 Å². The van der Waals surface area contributed by atoms with Crippen molar-refractivity contribution in [2.45, 2.75) is 38.8 Å². The van der Waals surface area contributed by atoms with Gasteiger partial charge in [0.15, 0.2) is 0 Å². The molecule has 132 valence electrons. The number of carbonyl (C=O) groups excluding carboxylic acids is 2. The second kappa shape index (κ2) is 9.37. The predicted octanol–water partition coefficient (Wildman–Crippen LogP) is 3.76. The van der Waals surface area contributed by atoms with E-state index in [4.69, 9.17) is 0 Å². The third-order valence-electron chi connectivity index (χ3n) is 3.83. The first kappa shape index (κ1) is 19.2. The molecule has 2 unspecified atom stereocenters. The van der Waals surface area contributed by atoms with Crippen LogP contribution in [-0.4, -0.2) is 17.9 Å². The van der Waals surface area contributed by atoms with Gasteiger partial charge in [0, 0.05) is 17.4 Å². The molecule has 0 fully saturated rings. The molecule has 4 nitrogen and oxygen atoms in total. The minimum atomic E-state index is -0.321. The van der Waals surface area contributed by atoms with Crippen LogP contribution in [0.5, 0.6) is 0 Å². The Labute approximate surface area is 157 Å². The smallest absolute Gasteiger partial charge is 0.222 e. The average molecular weight is 403 g/mol. The molecule has 0 aliphatic heterocycles. The van der Waals surface area contributed by atoms with Crippen LogP contribution in [0.15, 0.2) is 59.1 Å². The highest BCUT2D eigenvalue weighted by molar-refractivity contribution is 9.10. The van der Waals surface area contributed by atoms with Crippen molar-refractivity contribution in [1.82, 2.24) is 10.6 Å². The van der Waals surface area contributed by atoms with E-state index in [9.17, 15) is 9.59 Å². The Balaban J connectivity index is 1.93. The molecule has 0 saturated carbocycles. The molecule has 5 heteroatoms. The van der Waals surface area contributed by atoms with Crippen LogP contribution in [0.25, 0.3) is 0 Å². The molecule has 0 spiro atoms. The average Bonchev–Trinajstić information content (AvgIpc) is 2.56. The number of amides is 2. The monoisotopic (exact) mass is 402 g/mol. The molecule has 25 heavy (non-hydrogen) atoms. The quantitative estimate of drug-likeness (QED) is 0.740. The summed E-state index contributed by atoms with van der Waals surface area (Å²) in [4.78, 5) is 23.8. The zero-order chi connectivity index (χ0) is 18.2. The molecule has 0 radical (unpaired) electrons. The number of halogens is 1. The maximum atomic E-state index is 12.4. The summed E-state index contributed by atoms with van der Waals surface area (Å²) in [6.45, 7) is 3.44. The van der Waals surface area contributed by atoms with Crippen molar-refractivity contribution >= 4 is 27.7 Å². The molecule has 0 bridgehead atoms. The van der Waals surface area contributed by atoms with E-state index in [1.807, 2.05) is 61.5 Å². The van der Waals surface area contributed by atoms with Crippen LogP contribution >= 0.6 is 15.9 Å². The lowest BCUT2D eigenvalue weighted by Crippen LogP contribution is -2.37. The predicted molar refractivity (Wildman–Crippen MR) is 103 cm³/mol. The van der Waals surface area contributed by atoms with Gasteiger partial charge >= 0.3 is 0 Å². The normalized spacial score (nSPS) is 12.9. The molecule has 2 amide bonds. The van der Waals surface area contributed by atoms with Gasteiger partial charge in [-0.25, -0.2) is 0 Å². The van der Waals surface area contributed by atoms with Gasteiger partial charge in [0.05, 0.1) is 12.5 Å². The largest absolute Gasteiger partial charge is 0.353 e. The summed E-state index contributed by atoms with van der Waals surface area (Å²) < 4.78 is 1.04. The van der Waals surface area contributed by atoms with Crippen molar-refractivity contribution in [3.8, 4) is 0 Å². The molecular formula is C20H23BrN2O2. The molecule has 0 saturated heterocycles. The fourth-order valence-corrected chi connectivity index (χ4v) is 2.99. The first-order valence-electron chi connectivity index (χ1n) is 8.30. The summed E-state index contributed by atoms with van der Waals surface area (Å²) in [5.74, 6) is -0.225. The van der Waals surface area contributed by atoms with E-state index in [0.29, 0.717) is 0 Å². The van der Waals surface area contributed by atoms with Gasteiger partial charge in [-0.05, 0) is 36.6 Å². The fraction of sp³-hybridized carbons (Fsp3) is 0.300. The van der Waals surface area contributed by atoms with Crippen molar-refractivity contribution in [2.75, 3.05) is 0 Å². The van der Waals surface area contributed by atoms with E-state index < -0.39 is 0 Å². The lowest BCUT2D eigenvalue weighted by molar-refractivity contribution is -0.123. The number of benzene rings is 2. The number of hydrogen-bond acceptors (Lipinski definition) is 2. The van der Waals surface area contributed by atoms with Gasteiger partial charge in [0.25, 0.3) is 0 Å². The molecule has 2 aromatic carbocycles. The van der Waals surface area contributed by atoms with E-state index in [-0.39, 0.29) is 30.3 Å². The minimum Gasteiger partial charge on any atom is -0.353 e. The Morgan fingerprint density at radius 1 is 1.00 bits per heavy atom. The number of nitrogens with one attached hydrogen (secondary N) is 2. The van der Waals surface area contributed by atoms with Gasteiger partial charge in [0.2, 0.25) is 11.8 Å². The van der Waals surface area contributed by atoms with E-state index in [1.54, 1.807) is 0 Å². The van der Waals surface area contributed by atoms with Crippen molar-refractivity contribution in [2.24, 2.45) is 0 Å². The highest BCUT2D eigenvalue weighted by Crippen LogP contribution is 2.17. The van der Waals surface area contributed by atoms with Gasteiger partial charge in [0.1, 0.15) is 0 Å². The molecule has 0 aliphatic carbocycles. The van der Waals surface area contributed by atoms with Gasteiger partial charge in [-0.2, -0.15) is 0 Å². The minimum absolute atomic E-state index is 0.0161. The van der Waals surface area contributed by atoms with E-state index in [0.717, 1.165) is 22.0 Å². The standard InChI is InChI=1S/C20H23BrN2O2/c1-14(12-16-8-10-18(21)11-9-16)22-20(25)13-19(23-15(2)24)17-6-4-3-5-7-17/h3-11,14,19H,12-13H2,1-2H3,(H,22,25)(H,23,24). The molecule has 0 aliphatic rings. The summed E-state index contributed by atoms with van der Waals surface area (Å²) >= 11 is 3.42. The highest BCUT2D eigenvalue weighted by atomic mass is 79.9. The summed E-state index contributed by atoms with van der Waals surface area (Å²) in [6, 6.07) is 17.3. The van der Waals surface area contributed by atoms with Crippen LogP contribution in [0.1, 0.15) is 37.4 Å². The van der Waals surface area contributed by atoms with Gasteiger partial charge in [-0.1, -0.05) is 58.4 Å². The Morgan fingerprint density at radius 3 is 2.24 bits per heavy atom. The van der Waals surface area contributed by atoms with Gasteiger partial charge < -0.3 is 10.6 Å². The Hall–Kier alpha value is -2.14. The van der Waals surface area contributed by atoms with Crippen molar-refractivity contribution in [3.63, 3.8) is 0 Å². The summed E-state index contributed by atoms with van der Waals surface area (Å²) in [6.07, 6.45) is 0.976. The van der Waals surface area contributed by atoms with Crippen molar-refractivity contribution in [1.29, 1.82) is 0 Å². The first-order chi connectivity index (χ1) is 11.9.